The van der Waals surface area contributed by atoms with Gasteiger partial charge in [-0.1, -0.05) is 34.2 Å². The van der Waals surface area contributed by atoms with E-state index >= 15 is 0 Å². The van der Waals surface area contributed by atoms with Crippen molar-refractivity contribution in [3.63, 3.8) is 0 Å². The van der Waals surface area contributed by atoms with Crippen LogP contribution in [-0.4, -0.2) is 3.76 Å². The Hall–Kier alpha value is 0.590. The fourth-order valence-electron chi connectivity index (χ4n) is 0.594. The molecule has 0 amide bonds. The monoisotopic (exact) mass is 284 g/mol. The number of rotatable bonds is 2. The predicted octanol–water partition coefficient (Wildman–Crippen LogP) is 3.82. The van der Waals surface area contributed by atoms with E-state index in [1.54, 1.807) is 0 Å². The molecule has 0 unspecified atom stereocenters. The van der Waals surface area contributed by atoms with Crippen molar-refractivity contribution >= 4 is 46.0 Å². The minimum Gasteiger partial charge on any atom is -0.115 e. The van der Waals surface area contributed by atoms with E-state index in [1.165, 1.54) is 4.90 Å². The molecule has 0 aliphatic rings. The Morgan fingerprint density at radius 2 is 1.90 bits per heavy atom. The SMILES string of the molecule is Clc1ccc(SCI)cc1. The van der Waals surface area contributed by atoms with E-state index in [-0.39, 0.29) is 0 Å². The standard InChI is InChI=1S/C7H6ClIS/c8-6-1-3-7(4-2-6)10-5-9/h1-4H,5H2. The van der Waals surface area contributed by atoms with Crippen molar-refractivity contribution in [1.82, 2.24) is 0 Å². The number of alkyl halides is 1. The van der Waals surface area contributed by atoms with Crippen LogP contribution in [0.1, 0.15) is 0 Å². The summed E-state index contributed by atoms with van der Waals surface area (Å²) in [6, 6.07) is 7.89. The average Bonchev–Trinajstić information content (AvgIpc) is 1.95. The first kappa shape index (κ1) is 8.68. The van der Waals surface area contributed by atoms with Crippen LogP contribution >= 0.6 is 46.0 Å². The van der Waals surface area contributed by atoms with Gasteiger partial charge in [0, 0.05) is 9.92 Å². The summed E-state index contributed by atoms with van der Waals surface area (Å²) in [6.45, 7) is 0. The third-order valence-corrected chi connectivity index (χ3v) is 2.94. The minimum absolute atomic E-state index is 0.804. The van der Waals surface area contributed by atoms with E-state index in [0.717, 1.165) is 8.78 Å². The van der Waals surface area contributed by atoms with Crippen LogP contribution in [0.15, 0.2) is 29.2 Å². The molecule has 10 heavy (non-hydrogen) atoms. The molecule has 0 saturated carbocycles. The number of hydrogen-bond acceptors (Lipinski definition) is 1. The van der Waals surface area contributed by atoms with Gasteiger partial charge in [-0.15, -0.1) is 11.8 Å². The zero-order chi connectivity index (χ0) is 7.40. The Kier molecular flexibility index (Phi) is 3.88. The molecule has 1 aromatic rings. The Labute approximate surface area is 83.5 Å². The number of hydrogen-bond donors (Lipinski definition) is 0. The second-order valence-corrected chi connectivity index (χ2v) is 4.99. The van der Waals surface area contributed by atoms with Crippen molar-refractivity contribution in [3.05, 3.63) is 29.3 Å². The van der Waals surface area contributed by atoms with Crippen LogP contribution in [0, 0.1) is 0 Å². The highest BCUT2D eigenvalue weighted by Crippen LogP contribution is 2.21. The summed E-state index contributed by atoms with van der Waals surface area (Å²) >= 11 is 9.84. The van der Waals surface area contributed by atoms with Gasteiger partial charge in [0.15, 0.2) is 0 Å². The maximum absolute atomic E-state index is 5.70. The van der Waals surface area contributed by atoms with Crippen molar-refractivity contribution in [2.45, 2.75) is 4.90 Å². The topological polar surface area (TPSA) is 0 Å². The molecule has 0 N–H and O–H groups in total. The Morgan fingerprint density at radius 1 is 1.30 bits per heavy atom. The van der Waals surface area contributed by atoms with Gasteiger partial charge in [-0.25, -0.2) is 0 Å². The molecule has 0 spiro atoms. The lowest BCUT2D eigenvalue weighted by atomic mass is 10.4. The summed E-state index contributed by atoms with van der Waals surface area (Å²) in [7, 11) is 0. The van der Waals surface area contributed by atoms with Crippen molar-refractivity contribution < 1.29 is 0 Å². The van der Waals surface area contributed by atoms with Gasteiger partial charge in [-0.2, -0.15) is 0 Å². The van der Waals surface area contributed by atoms with Gasteiger partial charge in [0.1, 0.15) is 0 Å². The molecule has 0 aliphatic carbocycles. The summed E-state index contributed by atoms with van der Waals surface area (Å²) in [6.07, 6.45) is 0. The lowest BCUT2D eigenvalue weighted by Gasteiger charge is -1.95. The minimum atomic E-state index is 0.804. The summed E-state index contributed by atoms with van der Waals surface area (Å²) in [4.78, 5) is 1.28. The van der Waals surface area contributed by atoms with Gasteiger partial charge in [0.05, 0.1) is 3.76 Å². The fraction of sp³-hybridized carbons (Fsp3) is 0.143. The Morgan fingerprint density at radius 3 is 2.40 bits per heavy atom. The summed E-state index contributed by atoms with van der Waals surface area (Å²) in [5.41, 5.74) is 0. The molecule has 0 heterocycles. The van der Waals surface area contributed by atoms with Gasteiger partial charge in [0.25, 0.3) is 0 Å². The normalized spacial score (nSPS) is 9.80. The van der Waals surface area contributed by atoms with E-state index in [0.29, 0.717) is 0 Å². The van der Waals surface area contributed by atoms with E-state index in [9.17, 15) is 0 Å². The number of thioether (sulfide) groups is 1. The van der Waals surface area contributed by atoms with E-state index in [2.05, 4.69) is 22.6 Å². The zero-order valence-corrected chi connectivity index (χ0v) is 8.91. The summed E-state index contributed by atoms with van der Waals surface area (Å²) in [5, 5.41) is 0.804. The molecule has 1 rings (SSSR count). The maximum atomic E-state index is 5.70. The highest BCUT2D eigenvalue weighted by atomic mass is 127. The quantitative estimate of drug-likeness (QED) is 0.452. The third kappa shape index (κ3) is 2.68. The van der Waals surface area contributed by atoms with E-state index in [1.807, 2.05) is 36.0 Å². The summed E-state index contributed by atoms with van der Waals surface area (Å²) in [5.74, 6) is 0. The second-order valence-electron chi connectivity index (χ2n) is 1.71. The van der Waals surface area contributed by atoms with Gasteiger partial charge < -0.3 is 0 Å². The molecule has 0 nitrogen and oxygen atoms in total. The predicted molar refractivity (Wildman–Crippen MR) is 56.2 cm³/mol. The molecule has 1 aromatic carbocycles. The first-order valence-electron chi connectivity index (χ1n) is 2.77. The lowest BCUT2D eigenvalue weighted by molar-refractivity contribution is 1.47. The molecule has 0 radical (unpaired) electrons. The van der Waals surface area contributed by atoms with Gasteiger partial charge in [0.2, 0.25) is 0 Å². The third-order valence-electron chi connectivity index (χ3n) is 1.03. The van der Waals surface area contributed by atoms with E-state index in [4.69, 9.17) is 11.6 Å². The smallest absolute Gasteiger partial charge is 0.0501 e. The average molecular weight is 285 g/mol. The first-order valence-corrected chi connectivity index (χ1v) is 5.66. The van der Waals surface area contributed by atoms with Gasteiger partial charge in [-0.05, 0) is 24.3 Å². The van der Waals surface area contributed by atoms with Crippen molar-refractivity contribution in [2.24, 2.45) is 0 Å². The summed E-state index contributed by atoms with van der Waals surface area (Å²) < 4.78 is 1.08. The molecule has 3 heteroatoms. The van der Waals surface area contributed by atoms with Crippen LogP contribution in [-0.2, 0) is 0 Å². The highest BCUT2D eigenvalue weighted by molar-refractivity contribution is 14.1. The zero-order valence-electron chi connectivity index (χ0n) is 5.18. The number of halogens is 2. The molecule has 0 aromatic heterocycles. The lowest BCUT2D eigenvalue weighted by Crippen LogP contribution is -1.68. The molecule has 0 aliphatic heterocycles. The van der Waals surface area contributed by atoms with Crippen molar-refractivity contribution in [3.8, 4) is 0 Å². The van der Waals surface area contributed by atoms with Crippen LogP contribution in [0.4, 0.5) is 0 Å². The van der Waals surface area contributed by atoms with Crippen molar-refractivity contribution in [1.29, 1.82) is 0 Å². The molecule has 0 saturated heterocycles. The fourth-order valence-corrected chi connectivity index (χ4v) is 2.25. The molecule has 0 bridgehead atoms. The van der Waals surface area contributed by atoms with Crippen LogP contribution in [0.2, 0.25) is 5.02 Å². The Balaban J connectivity index is 2.69. The van der Waals surface area contributed by atoms with Crippen molar-refractivity contribution in [2.75, 3.05) is 3.76 Å². The van der Waals surface area contributed by atoms with E-state index < -0.39 is 0 Å². The van der Waals surface area contributed by atoms with Crippen LogP contribution < -0.4 is 0 Å². The van der Waals surface area contributed by atoms with Gasteiger partial charge >= 0.3 is 0 Å². The van der Waals surface area contributed by atoms with Crippen LogP contribution in [0.3, 0.4) is 0 Å². The Bertz CT molecular complexity index is 197. The molecule has 0 atom stereocenters. The molecular formula is C7H6ClIS. The molecular weight excluding hydrogens is 279 g/mol. The largest absolute Gasteiger partial charge is 0.115 e. The first-order chi connectivity index (χ1) is 4.83. The van der Waals surface area contributed by atoms with Gasteiger partial charge in [-0.3, -0.25) is 0 Å². The van der Waals surface area contributed by atoms with Crippen LogP contribution in [0.25, 0.3) is 0 Å². The molecule has 0 fully saturated rings. The number of benzene rings is 1. The maximum Gasteiger partial charge on any atom is 0.0501 e. The molecule has 54 valence electrons. The second kappa shape index (κ2) is 4.46. The van der Waals surface area contributed by atoms with Crippen LogP contribution in [0.5, 0.6) is 0 Å². The highest BCUT2D eigenvalue weighted by Gasteiger charge is 1.90.